The zero-order chi connectivity index (χ0) is 23.1. The van der Waals surface area contributed by atoms with Crippen LogP contribution in [0.5, 0.6) is 11.5 Å². The van der Waals surface area contributed by atoms with Crippen molar-refractivity contribution >= 4 is 35.0 Å². The number of hydrogen-bond acceptors (Lipinski definition) is 6. The number of amides is 1. The van der Waals surface area contributed by atoms with Crippen molar-refractivity contribution in [1.29, 1.82) is 0 Å². The van der Waals surface area contributed by atoms with Gasteiger partial charge in [0.1, 0.15) is 11.5 Å². The lowest BCUT2D eigenvalue weighted by molar-refractivity contribution is -0.113. The lowest BCUT2D eigenvalue weighted by Crippen LogP contribution is -2.15. The molecule has 1 heterocycles. The molecule has 1 amide bonds. The molecule has 0 aliphatic rings. The number of carbonyl (C=O) groups excluding carboxylic acids is 1. The van der Waals surface area contributed by atoms with Crippen molar-refractivity contribution in [1.82, 2.24) is 14.8 Å². The number of benzene rings is 2. The van der Waals surface area contributed by atoms with Crippen LogP contribution < -0.4 is 14.8 Å². The first-order chi connectivity index (χ1) is 15.4. The summed E-state index contributed by atoms with van der Waals surface area (Å²) in [6, 6.07) is 12.7. The third-order valence-electron chi connectivity index (χ3n) is 4.55. The highest BCUT2D eigenvalue weighted by atomic mass is 35.5. The van der Waals surface area contributed by atoms with Crippen molar-refractivity contribution in [3.63, 3.8) is 0 Å². The summed E-state index contributed by atoms with van der Waals surface area (Å²) in [4.78, 5) is 12.4. The Kier molecular flexibility index (Phi) is 8.19. The third kappa shape index (κ3) is 6.05. The first-order valence-electron chi connectivity index (χ1n) is 9.94. The van der Waals surface area contributed by atoms with Gasteiger partial charge in [-0.05, 0) is 49.7 Å². The van der Waals surface area contributed by atoms with Gasteiger partial charge in [0.15, 0.2) is 17.1 Å². The van der Waals surface area contributed by atoms with Crippen molar-refractivity contribution < 1.29 is 14.3 Å². The minimum absolute atomic E-state index is 0.154. The number of thioether (sulfide) groups is 1. The highest BCUT2D eigenvalue weighted by Crippen LogP contribution is 2.28. The van der Waals surface area contributed by atoms with Gasteiger partial charge >= 0.3 is 0 Å². The number of nitrogens with zero attached hydrogens (tertiary/aromatic N) is 3. The molecule has 1 N–H and O–H groups in total. The molecule has 3 aromatic rings. The summed E-state index contributed by atoms with van der Waals surface area (Å²) in [6.07, 6.45) is 1.40. The number of anilines is 1. The SMILES string of the molecule is C=CCn1c(SCC(=O)Nc2cccc(OC)c2)nnc1C(C)Oc1ccc(Cl)cc1C. The van der Waals surface area contributed by atoms with Gasteiger partial charge in [0.05, 0.1) is 12.9 Å². The summed E-state index contributed by atoms with van der Waals surface area (Å²) in [5.74, 6) is 2.07. The average Bonchev–Trinajstić information content (AvgIpc) is 3.17. The normalized spacial score (nSPS) is 11.6. The van der Waals surface area contributed by atoms with Gasteiger partial charge in [-0.25, -0.2) is 0 Å². The van der Waals surface area contributed by atoms with Gasteiger partial charge in [-0.15, -0.1) is 16.8 Å². The molecule has 0 aliphatic carbocycles. The topological polar surface area (TPSA) is 78.3 Å². The van der Waals surface area contributed by atoms with Gasteiger partial charge in [-0.2, -0.15) is 0 Å². The lowest BCUT2D eigenvalue weighted by atomic mass is 10.2. The Morgan fingerprint density at radius 3 is 2.84 bits per heavy atom. The standard InChI is InChI=1S/C23H25ClN4O3S/c1-5-11-28-22(16(3)31-20-10-9-17(24)12-15(20)2)26-27-23(28)32-14-21(29)25-18-7-6-8-19(13-18)30-4/h5-10,12-13,16H,1,11,14H2,2-4H3,(H,25,29). The van der Waals surface area contributed by atoms with E-state index >= 15 is 0 Å². The van der Waals surface area contributed by atoms with Crippen LogP contribution in [0.1, 0.15) is 24.4 Å². The molecule has 1 atom stereocenters. The maximum Gasteiger partial charge on any atom is 0.234 e. The zero-order valence-electron chi connectivity index (χ0n) is 18.2. The van der Waals surface area contributed by atoms with Crippen LogP contribution in [0.4, 0.5) is 5.69 Å². The Bertz CT molecular complexity index is 1100. The van der Waals surface area contributed by atoms with Crippen LogP contribution in [0, 0.1) is 6.92 Å². The Morgan fingerprint density at radius 1 is 1.31 bits per heavy atom. The van der Waals surface area contributed by atoms with E-state index in [0.717, 1.165) is 11.3 Å². The first-order valence-corrected chi connectivity index (χ1v) is 11.3. The second kappa shape index (κ2) is 11.1. The van der Waals surface area contributed by atoms with E-state index in [1.54, 1.807) is 31.4 Å². The minimum atomic E-state index is -0.359. The predicted molar refractivity (Wildman–Crippen MR) is 128 cm³/mol. The smallest absolute Gasteiger partial charge is 0.234 e. The van der Waals surface area contributed by atoms with Crippen molar-refractivity contribution in [2.75, 3.05) is 18.2 Å². The second-order valence-electron chi connectivity index (χ2n) is 6.98. The molecule has 32 heavy (non-hydrogen) atoms. The largest absolute Gasteiger partial charge is 0.497 e. The Balaban J connectivity index is 1.68. The summed E-state index contributed by atoms with van der Waals surface area (Å²) in [5.41, 5.74) is 1.60. The van der Waals surface area contributed by atoms with Crippen molar-refractivity contribution in [3.8, 4) is 11.5 Å². The summed E-state index contributed by atoms with van der Waals surface area (Å²) in [5, 5.41) is 12.7. The minimum Gasteiger partial charge on any atom is -0.497 e. The predicted octanol–water partition coefficient (Wildman–Crippen LogP) is 5.31. The quantitative estimate of drug-likeness (QED) is 0.318. The van der Waals surface area contributed by atoms with E-state index in [2.05, 4.69) is 22.1 Å². The number of hydrogen-bond donors (Lipinski definition) is 1. The van der Waals surface area contributed by atoms with E-state index in [-0.39, 0.29) is 17.8 Å². The van der Waals surface area contributed by atoms with Crippen LogP contribution >= 0.6 is 23.4 Å². The number of methoxy groups -OCH3 is 1. The molecule has 9 heteroatoms. The van der Waals surface area contributed by atoms with Gasteiger partial charge in [-0.1, -0.05) is 35.5 Å². The highest BCUT2D eigenvalue weighted by Gasteiger charge is 2.20. The number of aromatic nitrogens is 3. The van der Waals surface area contributed by atoms with E-state index in [1.807, 2.05) is 42.7 Å². The van der Waals surface area contributed by atoms with Crippen molar-refractivity contribution in [2.45, 2.75) is 31.7 Å². The summed E-state index contributed by atoms with van der Waals surface area (Å²) in [6.45, 7) is 8.16. The number of halogens is 1. The lowest BCUT2D eigenvalue weighted by Gasteiger charge is -2.17. The molecular formula is C23H25ClN4O3S. The molecule has 7 nitrogen and oxygen atoms in total. The molecule has 0 saturated carbocycles. The molecule has 0 fully saturated rings. The van der Waals surface area contributed by atoms with Crippen LogP contribution in [0.25, 0.3) is 0 Å². The van der Waals surface area contributed by atoms with E-state index in [4.69, 9.17) is 21.1 Å². The highest BCUT2D eigenvalue weighted by molar-refractivity contribution is 7.99. The molecule has 168 valence electrons. The van der Waals surface area contributed by atoms with Crippen LogP contribution in [0.2, 0.25) is 5.02 Å². The number of allylic oxidation sites excluding steroid dienone is 1. The second-order valence-corrected chi connectivity index (χ2v) is 8.36. The molecule has 0 spiro atoms. The maximum atomic E-state index is 12.4. The molecule has 1 aromatic heterocycles. The molecule has 0 radical (unpaired) electrons. The number of aryl methyl sites for hydroxylation is 1. The monoisotopic (exact) mass is 472 g/mol. The number of carbonyl (C=O) groups is 1. The van der Waals surface area contributed by atoms with Crippen LogP contribution in [0.3, 0.4) is 0 Å². The van der Waals surface area contributed by atoms with E-state index in [1.165, 1.54) is 11.8 Å². The average molecular weight is 473 g/mol. The van der Waals surface area contributed by atoms with Crippen molar-refractivity contribution in [2.24, 2.45) is 0 Å². The van der Waals surface area contributed by atoms with Gasteiger partial charge < -0.3 is 14.8 Å². The van der Waals surface area contributed by atoms with Gasteiger partial charge in [-0.3, -0.25) is 9.36 Å². The van der Waals surface area contributed by atoms with Crippen molar-refractivity contribution in [3.05, 3.63) is 71.5 Å². The van der Waals surface area contributed by atoms with E-state index in [0.29, 0.717) is 34.0 Å². The van der Waals surface area contributed by atoms with E-state index in [9.17, 15) is 4.79 Å². The van der Waals surface area contributed by atoms with Gasteiger partial charge in [0, 0.05) is 23.3 Å². The van der Waals surface area contributed by atoms with E-state index < -0.39 is 0 Å². The maximum absolute atomic E-state index is 12.4. The molecule has 0 bridgehead atoms. The first kappa shape index (κ1) is 23.7. The summed E-state index contributed by atoms with van der Waals surface area (Å²) >= 11 is 7.33. The fourth-order valence-corrected chi connectivity index (χ4v) is 4.01. The third-order valence-corrected chi connectivity index (χ3v) is 5.75. The van der Waals surface area contributed by atoms with Crippen LogP contribution in [-0.2, 0) is 11.3 Å². The molecule has 0 aliphatic heterocycles. The summed E-state index contributed by atoms with van der Waals surface area (Å²) in [7, 11) is 1.58. The van der Waals surface area contributed by atoms with Gasteiger partial charge in [0.2, 0.25) is 5.91 Å². The fraction of sp³-hybridized carbons (Fsp3) is 0.261. The Morgan fingerprint density at radius 2 is 2.12 bits per heavy atom. The number of nitrogens with one attached hydrogen (secondary N) is 1. The van der Waals surface area contributed by atoms with Crippen LogP contribution in [0.15, 0.2) is 60.3 Å². The fourth-order valence-electron chi connectivity index (χ4n) is 3.02. The van der Waals surface area contributed by atoms with Gasteiger partial charge in [0.25, 0.3) is 0 Å². The Labute approximate surface area is 196 Å². The molecule has 1 unspecified atom stereocenters. The Hall–Kier alpha value is -2.97. The molecular weight excluding hydrogens is 448 g/mol. The summed E-state index contributed by atoms with van der Waals surface area (Å²) < 4.78 is 13.2. The molecule has 0 saturated heterocycles. The number of rotatable bonds is 10. The zero-order valence-corrected chi connectivity index (χ0v) is 19.7. The molecule has 2 aromatic carbocycles. The number of ether oxygens (including phenoxy) is 2. The van der Waals surface area contributed by atoms with Crippen LogP contribution in [-0.4, -0.2) is 33.5 Å². The molecule has 3 rings (SSSR count).